The molecular formula is C12H14Cl6O. The lowest BCUT2D eigenvalue weighted by molar-refractivity contribution is 0.00569. The summed E-state index contributed by atoms with van der Waals surface area (Å²) in [5.74, 6) is -0.475. The van der Waals surface area contributed by atoms with Gasteiger partial charge in [-0.05, 0) is 11.8 Å². The molecule has 19 heavy (non-hydrogen) atoms. The van der Waals surface area contributed by atoms with Gasteiger partial charge in [0.05, 0.1) is 16.2 Å². The fourth-order valence-corrected chi connectivity index (χ4v) is 5.71. The van der Waals surface area contributed by atoms with Crippen LogP contribution in [0.3, 0.4) is 0 Å². The van der Waals surface area contributed by atoms with E-state index in [0.29, 0.717) is 0 Å². The Labute approximate surface area is 143 Å². The average Bonchev–Trinajstić information content (AvgIpc) is 2.48. The molecule has 0 heterocycles. The highest BCUT2D eigenvalue weighted by Gasteiger charge is 2.79. The first-order chi connectivity index (χ1) is 8.32. The summed E-state index contributed by atoms with van der Waals surface area (Å²) in [6.45, 7) is 5.69. The van der Waals surface area contributed by atoms with Crippen LogP contribution < -0.4 is 0 Å². The molecule has 2 bridgehead atoms. The minimum Gasteiger partial charge on any atom is -0.392 e. The molecule has 0 saturated heterocycles. The van der Waals surface area contributed by atoms with Crippen molar-refractivity contribution in [3.63, 3.8) is 0 Å². The van der Waals surface area contributed by atoms with Crippen LogP contribution in [-0.4, -0.2) is 25.3 Å². The van der Waals surface area contributed by atoms with E-state index in [2.05, 4.69) is 0 Å². The molecule has 0 aromatic carbocycles. The molecule has 0 spiro atoms. The van der Waals surface area contributed by atoms with Crippen molar-refractivity contribution < 1.29 is 5.11 Å². The zero-order chi connectivity index (χ0) is 15.0. The molecule has 2 rings (SSSR count). The molecule has 2 aliphatic rings. The summed E-state index contributed by atoms with van der Waals surface area (Å²) in [7, 11) is 0. The van der Waals surface area contributed by atoms with Crippen LogP contribution in [0.25, 0.3) is 0 Å². The number of halogens is 6. The number of aliphatic hydroxyl groups is 1. The molecule has 1 N–H and O–H groups in total. The molecule has 1 nitrogen and oxygen atoms in total. The van der Waals surface area contributed by atoms with Gasteiger partial charge >= 0.3 is 0 Å². The molecule has 0 aliphatic heterocycles. The summed E-state index contributed by atoms with van der Waals surface area (Å²) in [5, 5.41) is 10.8. The molecule has 110 valence electrons. The van der Waals surface area contributed by atoms with Crippen LogP contribution >= 0.6 is 69.6 Å². The Balaban J connectivity index is 2.57. The zero-order valence-electron chi connectivity index (χ0n) is 10.6. The molecule has 4 atom stereocenters. The summed E-state index contributed by atoms with van der Waals surface area (Å²) < 4.78 is -1.56. The van der Waals surface area contributed by atoms with Crippen molar-refractivity contribution in [3.05, 3.63) is 10.1 Å². The van der Waals surface area contributed by atoms with Crippen LogP contribution in [-0.2, 0) is 0 Å². The Morgan fingerprint density at radius 1 is 1.11 bits per heavy atom. The Bertz CT molecular complexity index is 454. The minimum absolute atomic E-state index is 0.135. The van der Waals surface area contributed by atoms with Gasteiger partial charge in [0.2, 0.25) is 0 Å². The maximum Gasteiger partial charge on any atom is 0.166 e. The standard InChI is InChI=1S/C12H14Cl6O/c1-9(2,3)8(19)5-4-10(15)6(13)7(14)11(5,16)12(10,17)18/h5,8,19H,4H2,1-3H3/t5-,8-,10-,11+/m1/s1. The van der Waals surface area contributed by atoms with Crippen LogP contribution in [0.1, 0.15) is 27.2 Å². The van der Waals surface area contributed by atoms with Gasteiger partial charge in [0.1, 0.15) is 9.75 Å². The van der Waals surface area contributed by atoms with Crippen molar-refractivity contribution >= 4 is 69.6 Å². The molecular weight excluding hydrogens is 373 g/mol. The normalized spacial score (nSPS) is 42.9. The third-order valence-electron chi connectivity index (χ3n) is 4.10. The summed E-state index contributed by atoms with van der Waals surface area (Å²) >= 11 is 38.2. The number of hydrogen-bond acceptors (Lipinski definition) is 1. The van der Waals surface area contributed by atoms with Gasteiger partial charge in [-0.2, -0.15) is 0 Å². The van der Waals surface area contributed by atoms with E-state index in [-0.39, 0.29) is 16.5 Å². The highest BCUT2D eigenvalue weighted by molar-refractivity contribution is 6.65. The fraction of sp³-hybridized carbons (Fsp3) is 0.833. The van der Waals surface area contributed by atoms with Crippen LogP contribution in [0.2, 0.25) is 0 Å². The SMILES string of the molecule is CC(C)(C)[C@H](O)[C@H]1C[C@@]2(Cl)C(Cl)=C(Cl)[C@]1(Cl)C2(Cl)Cl. The van der Waals surface area contributed by atoms with E-state index in [1.165, 1.54) is 0 Å². The van der Waals surface area contributed by atoms with E-state index in [9.17, 15) is 5.11 Å². The van der Waals surface area contributed by atoms with Crippen molar-refractivity contribution in [2.75, 3.05) is 0 Å². The quantitative estimate of drug-likeness (QED) is 0.610. The maximum atomic E-state index is 10.5. The van der Waals surface area contributed by atoms with Gasteiger partial charge in [0, 0.05) is 5.92 Å². The van der Waals surface area contributed by atoms with E-state index < -0.39 is 31.5 Å². The lowest BCUT2D eigenvalue weighted by Gasteiger charge is -2.40. The third kappa shape index (κ3) is 1.86. The first-order valence-electron chi connectivity index (χ1n) is 5.81. The second kappa shape index (κ2) is 4.47. The lowest BCUT2D eigenvalue weighted by Crippen LogP contribution is -2.49. The van der Waals surface area contributed by atoms with Crippen molar-refractivity contribution in [1.29, 1.82) is 0 Å². The maximum absolute atomic E-state index is 10.5. The Morgan fingerprint density at radius 3 is 1.89 bits per heavy atom. The third-order valence-corrected chi connectivity index (χ3v) is 8.39. The molecule has 0 aromatic rings. The topological polar surface area (TPSA) is 20.2 Å². The van der Waals surface area contributed by atoms with Crippen molar-refractivity contribution in [3.8, 4) is 0 Å². The van der Waals surface area contributed by atoms with Gasteiger partial charge < -0.3 is 5.11 Å². The molecule has 0 amide bonds. The lowest BCUT2D eigenvalue weighted by atomic mass is 9.75. The van der Waals surface area contributed by atoms with Crippen molar-refractivity contribution in [2.45, 2.75) is 47.4 Å². The molecule has 2 aliphatic carbocycles. The van der Waals surface area contributed by atoms with Gasteiger partial charge in [-0.1, -0.05) is 67.2 Å². The van der Waals surface area contributed by atoms with Crippen LogP contribution in [0.15, 0.2) is 10.1 Å². The molecule has 0 aromatic heterocycles. The smallest absolute Gasteiger partial charge is 0.166 e. The number of rotatable bonds is 1. The monoisotopic (exact) mass is 384 g/mol. The van der Waals surface area contributed by atoms with Gasteiger partial charge in [0.25, 0.3) is 0 Å². The Kier molecular flexibility index (Phi) is 3.96. The van der Waals surface area contributed by atoms with E-state index in [1.54, 1.807) is 0 Å². The minimum atomic E-state index is -1.56. The number of allylic oxidation sites excluding steroid dienone is 2. The molecule has 0 unspecified atom stereocenters. The number of hydrogen-bond donors (Lipinski definition) is 1. The first kappa shape index (κ1) is 16.8. The van der Waals surface area contributed by atoms with Crippen molar-refractivity contribution in [1.82, 2.24) is 0 Å². The number of aliphatic hydroxyl groups excluding tert-OH is 1. The highest BCUT2D eigenvalue weighted by Crippen LogP contribution is 2.75. The molecule has 1 fully saturated rings. The van der Waals surface area contributed by atoms with Gasteiger partial charge in [-0.25, -0.2) is 0 Å². The highest BCUT2D eigenvalue weighted by atomic mass is 35.5. The average molecular weight is 387 g/mol. The van der Waals surface area contributed by atoms with Gasteiger partial charge in [-0.15, -0.1) is 23.2 Å². The van der Waals surface area contributed by atoms with E-state index in [4.69, 9.17) is 69.6 Å². The van der Waals surface area contributed by atoms with Crippen LogP contribution in [0.5, 0.6) is 0 Å². The zero-order valence-corrected chi connectivity index (χ0v) is 15.1. The Hall–Kier alpha value is 1.44. The second-order valence-electron chi connectivity index (χ2n) is 6.34. The van der Waals surface area contributed by atoms with Crippen LogP contribution in [0.4, 0.5) is 0 Å². The molecule has 7 heteroatoms. The first-order valence-corrected chi connectivity index (χ1v) is 8.08. The van der Waals surface area contributed by atoms with Gasteiger partial charge in [-0.3, -0.25) is 0 Å². The largest absolute Gasteiger partial charge is 0.392 e. The molecule has 1 saturated carbocycles. The Morgan fingerprint density at radius 2 is 1.58 bits per heavy atom. The number of fused-ring (bicyclic) bond motifs is 2. The summed E-state index contributed by atoms with van der Waals surface area (Å²) in [6.07, 6.45) is -0.487. The number of alkyl halides is 4. The molecule has 0 radical (unpaired) electrons. The van der Waals surface area contributed by atoms with Gasteiger partial charge in [0.15, 0.2) is 4.33 Å². The second-order valence-corrected chi connectivity index (χ2v) is 9.66. The summed E-state index contributed by atoms with van der Waals surface area (Å²) in [4.78, 5) is -2.63. The predicted molar refractivity (Wildman–Crippen MR) is 83.9 cm³/mol. The van der Waals surface area contributed by atoms with E-state index >= 15 is 0 Å². The fourth-order valence-electron chi connectivity index (χ4n) is 2.89. The summed E-state index contributed by atoms with van der Waals surface area (Å²) in [5.41, 5.74) is -0.405. The van der Waals surface area contributed by atoms with Crippen LogP contribution in [0, 0.1) is 11.3 Å². The van der Waals surface area contributed by atoms with E-state index in [0.717, 1.165) is 0 Å². The van der Waals surface area contributed by atoms with Crippen molar-refractivity contribution in [2.24, 2.45) is 11.3 Å². The predicted octanol–water partition coefficient (Wildman–Crippen LogP) is 5.25. The van der Waals surface area contributed by atoms with E-state index in [1.807, 2.05) is 20.8 Å². The summed E-state index contributed by atoms with van der Waals surface area (Å²) in [6, 6.07) is 0.